The van der Waals surface area contributed by atoms with Gasteiger partial charge in [0.25, 0.3) is 0 Å². The largest absolute Gasteiger partial charge is 0.737 e. The molecule has 0 radical (unpaired) electrons. The first-order valence-corrected chi connectivity index (χ1v) is 25.7. The van der Waals surface area contributed by atoms with Crippen LogP contribution in [0, 0.1) is 6.92 Å². The van der Waals surface area contributed by atoms with E-state index < -0.39 is 6.97 Å². The fourth-order valence-corrected chi connectivity index (χ4v) is 10.7. The normalized spacial score (nSPS) is 17.2. The maximum Gasteiger partial charge on any atom is 0.737 e. The number of rotatable bonds is 11. The minimum atomic E-state index is -4.33. The van der Waals surface area contributed by atoms with Gasteiger partial charge in [-0.15, -0.1) is 0 Å². The second-order valence-corrected chi connectivity index (χ2v) is 19.5. The molecule has 0 amide bonds. The highest BCUT2D eigenvalue weighted by molar-refractivity contribution is 7.99. The summed E-state index contributed by atoms with van der Waals surface area (Å²) in [5.41, 5.74) is 11.2. The van der Waals surface area contributed by atoms with Crippen molar-refractivity contribution in [2.75, 3.05) is 72.3 Å². The summed E-state index contributed by atoms with van der Waals surface area (Å²) in [5.74, 6) is 3.94. The summed E-state index contributed by atoms with van der Waals surface area (Å²) in [6, 6.07) is 40.3. The van der Waals surface area contributed by atoms with Gasteiger partial charge in [-0.05, 0) is 103 Å². The second kappa shape index (κ2) is 22.4. The number of pyridine rings is 2. The van der Waals surface area contributed by atoms with Gasteiger partial charge >= 0.3 is 6.97 Å². The Labute approximate surface area is 407 Å². The Hall–Kier alpha value is -5.99. The summed E-state index contributed by atoms with van der Waals surface area (Å²) in [5, 5.41) is 0. The molecule has 13 heteroatoms. The highest BCUT2D eigenvalue weighted by Gasteiger charge is 2.55. The van der Waals surface area contributed by atoms with E-state index in [1.165, 1.54) is 8.96 Å². The topological polar surface area (TPSA) is 58.7 Å². The van der Waals surface area contributed by atoms with Crippen LogP contribution in [0.4, 0.5) is 20.0 Å². The number of hydrogen-bond donors (Lipinski definition) is 0. The number of hydrogen-bond acceptors (Lipinski definition) is 8. The van der Waals surface area contributed by atoms with E-state index in [4.69, 9.17) is 9.47 Å². The maximum absolute atomic E-state index is 17.7. The second-order valence-electron chi connectivity index (χ2n) is 17.1. The molecule has 6 aromatic rings. The van der Waals surface area contributed by atoms with E-state index in [-0.39, 0.29) is 0 Å². The van der Waals surface area contributed by atoms with Gasteiger partial charge in [-0.25, -0.2) is 0 Å². The molecule has 3 aliphatic heterocycles. The molecular weight excluding hydrogens is 890 g/mol. The fourth-order valence-electron chi connectivity index (χ4n) is 9.07. The third-order valence-electron chi connectivity index (χ3n) is 12.4. The van der Waals surface area contributed by atoms with E-state index in [0.717, 1.165) is 105 Å². The molecule has 0 spiro atoms. The molecule has 0 unspecified atom stereocenters. The first-order valence-electron chi connectivity index (χ1n) is 23.4. The van der Waals surface area contributed by atoms with Crippen LogP contribution in [0.25, 0.3) is 23.8 Å². The van der Waals surface area contributed by atoms with Gasteiger partial charge in [0.1, 0.15) is 0 Å². The number of benzene rings is 3. The molecule has 0 atom stereocenters. The third kappa shape index (κ3) is 11.1. The summed E-state index contributed by atoms with van der Waals surface area (Å²) >= 11 is 3.81. The van der Waals surface area contributed by atoms with Crippen molar-refractivity contribution in [1.82, 2.24) is 14.4 Å². The van der Waals surface area contributed by atoms with Gasteiger partial charge < -0.3 is 36.9 Å². The van der Waals surface area contributed by atoms with Crippen LogP contribution in [0.1, 0.15) is 52.0 Å². The van der Waals surface area contributed by atoms with Crippen LogP contribution in [-0.2, 0) is 22.6 Å². The minimum Gasteiger partial charge on any atom is -0.390 e. The number of aromatic nitrogens is 3. The average Bonchev–Trinajstić information content (AvgIpc) is 3.89. The molecule has 8 nitrogen and oxygen atoms in total. The van der Waals surface area contributed by atoms with Crippen LogP contribution in [0.2, 0.25) is 0 Å². The van der Waals surface area contributed by atoms with Crippen molar-refractivity contribution in [3.05, 3.63) is 202 Å². The molecule has 348 valence electrons. The van der Waals surface area contributed by atoms with E-state index in [2.05, 4.69) is 56.2 Å². The molecule has 3 aromatic carbocycles. The number of ether oxygens (including phenoxy) is 2. The summed E-state index contributed by atoms with van der Waals surface area (Å²) in [6.45, 7) is 5.40. The Morgan fingerprint density at radius 3 is 1.87 bits per heavy atom. The average molecular weight is 947 g/mol. The molecule has 1 fully saturated rings. The van der Waals surface area contributed by atoms with Gasteiger partial charge in [-0.2, -0.15) is 23.5 Å². The van der Waals surface area contributed by atoms with Crippen molar-refractivity contribution >= 4 is 71.4 Å². The summed E-state index contributed by atoms with van der Waals surface area (Å²) in [6.07, 6.45) is 13.1. The number of halogens is 2. The fraction of sp³-hybridized carbons (Fsp3) is 0.255. The lowest BCUT2D eigenvalue weighted by molar-refractivity contribution is -0.362. The molecule has 0 aliphatic carbocycles. The summed E-state index contributed by atoms with van der Waals surface area (Å²) in [7, 11) is 0. The van der Waals surface area contributed by atoms with Crippen LogP contribution in [0.5, 0.6) is 0 Å². The zero-order valence-electron chi connectivity index (χ0n) is 38.7. The highest BCUT2D eigenvalue weighted by Crippen LogP contribution is 2.45. The standard InChI is InChI=1S/C55H57BF2N6O2S2/c1-42-38-51(24-18-44-14-20-49(21-15-44)61-28-34-67-36-32-65-30-31-66-33-37-68-35-29-61)63-54(42)53(46-10-4-3-5-11-46)55-43(2)39-52(64(55)56(63,57)58)25-19-45-16-22-50(23-17-45)62(40-47-12-6-8-26-59-47)41-48-13-7-9-27-60-48/h3-27,38-39H,28-37,40-41H2,1-2H3/b24-18+,25-19+. The van der Waals surface area contributed by atoms with Crippen LogP contribution >= 0.6 is 23.5 Å². The number of thioether (sulfide) groups is 2. The number of anilines is 2. The molecule has 6 heterocycles. The molecule has 68 heavy (non-hydrogen) atoms. The molecule has 3 aromatic heterocycles. The van der Waals surface area contributed by atoms with E-state index >= 15 is 8.63 Å². The Balaban J connectivity index is 0.998. The van der Waals surface area contributed by atoms with Crippen LogP contribution in [0.3, 0.4) is 0 Å². The van der Waals surface area contributed by atoms with Crippen molar-refractivity contribution in [3.8, 4) is 0 Å². The molecule has 3 aliphatic rings. The Morgan fingerprint density at radius 2 is 1.26 bits per heavy atom. The van der Waals surface area contributed by atoms with Gasteiger partial charge in [-0.1, -0.05) is 72.8 Å². The van der Waals surface area contributed by atoms with Gasteiger partial charge in [0.15, 0.2) is 11.4 Å². The molecular formula is C55H57BF2N6O2S2. The lowest BCUT2D eigenvalue weighted by Gasteiger charge is -2.34. The van der Waals surface area contributed by atoms with E-state index in [0.29, 0.717) is 49.1 Å². The number of fused-ring (bicyclic) bond motifs is 2. The van der Waals surface area contributed by atoms with Gasteiger partial charge in [0, 0.05) is 89.0 Å². The van der Waals surface area contributed by atoms with Gasteiger partial charge in [-0.3, -0.25) is 9.97 Å². The van der Waals surface area contributed by atoms with E-state index in [1.807, 2.05) is 153 Å². The highest BCUT2D eigenvalue weighted by atomic mass is 32.2. The zero-order chi connectivity index (χ0) is 46.7. The first-order chi connectivity index (χ1) is 33.3. The summed E-state index contributed by atoms with van der Waals surface area (Å²) < 4.78 is 49.5. The lowest BCUT2D eigenvalue weighted by Crippen LogP contribution is -2.51. The van der Waals surface area contributed by atoms with Crippen molar-refractivity contribution in [3.63, 3.8) is 0 Å². The van der Waals surface area contributed by atoms with Crippen LogP contribution in [0.15, 0.2) is 157 Å². The van der Waals surface area contributed by atoms with E-state index in [9.17, 15) is 0 Å². The van der Waals surface area contributed by atoms with Crippen molar-refractivity contribution < 1.29 is 22.6 Å². The molecule has 1 saturated heterocycles. The Kier molecular flexibility index (Phi) is 15.5. The number of nitrogens with zero attached hydrogens (tertiary/aromatic N) is 6. The predicted molar refractivity (Wildman–Crippen MR) is 282 cm³/mol. The zero-order valence-corrected chi connectivity index (χ0v) is 40.4. The van der Waals surface area contributed by atoms with Gasteiger partial charge in [0.2, 0.25) is 0 Å². The molecule has 0 saturated carbocycles. The number of aryl methyl sites for hydroxylation is 1. The minimum absolute atomic E-state index is 0.441. The number of allylic oxidation sites excluding steroid dienone is 3. The monoisotopic (exact) mass is 946 g/mol. The molecule has 0 bridgehead atoms. The quantitative estimate of drug-likeness (QED) is 0.119. The van der Waals surface area contributed by atoms with Crippen LogP contribution in [-0.4, -0.2) is 94.1 Å². The Bertz CT molecular complexity index is 2740. The van der Waals surface area contributed by atoms with Crippen molar-refractivity contribution in [1.29, 1.82) is 0 Å². The van der Waals surface area contributed by atoms with E-state index in [1.54, 1.807) is 12.4 Å². The smallest absolute Gasteiger partial charge is 0.390 e. The lowest BCUT2D eigenvalue weighted by atomic mass is 9.83. The SMILES string of the molecule is CC1=CC(/C=C/c2ccc(N3CCSCCOCCOCCSCC3)cc2)=[N+]2C1=C(c1ccccc1)c1c(C)cc(/C=C/c3ccc(N(Cc4ccccn4)Cc4ccccn4)cc3)n1[B-]2(F)F. The van der Waals surface area contributed by atoms with Crippen molar-refractivity contribution in [2.45, 2.75) is 26.9 Å². The summed E-state index contributed by atoms with van der Waals surface area (Å²) in [4.78, 5) is 13.8. The predicted octanol–water partition coefficient (Wildman–Crippen LogP) is 11.4. The Morgan fingerprint density at radius 1 is 0.676 bits per heavy atom. The maximum atomic E-state index is 17.7. The molecule has 0 N–H and O–H groups in total. The third-order valence-corrected chi connectivity index (χ3v) is 14.2. The molecule has 9 rings (SSSR count). The van der Waals surface area contributed by atoms with Crippen LogP contribution < -0.4 is 9.80 Å². The van der Waals surface area contributed by atoms with Crippen molar-refractivity contribution in [2.24, 2.45) is 0 Å². The first kappa shape index (κ1) is 47.1. The van der Waals surface area contributed by atoms with Gasteiger partial charge in [0.05, 0.1) is 56.5 Å².